The van der Waals surface area contributed by atoms with E-state index in [9.17, 15) is 19.5 Å². The first-order valence-corrected chi connectivity index (χ1v) is 13.0. The molecule has 1 aliphatic heterocycles. The maximum Gasteiger partial charge on any atom is 0.323 e. The van der Waals surface area contributed by atoms with E-state index >= 15 is 0 Å². The van der Waals surface area contributed by atoms with Crippen LogP contribution in [0.15, 0.2) is 60.7 Å². The number of benzene rings is 3. The van der Waals surface area contributed by atoms with Gasteiger partial charge in [-0.1, -0.05) is 37.3 Å². The van der Waals surface area contributed by atoms with Crippen molar-refractivity contribution in [2.24, 2.45) is 0 Å². The van der Waals surface area contributed by atoms with Gasteiger partial charge < -0.3 is 30.7 Å². The topological polar surface area (TPSA) is 120 Å². The van der Waals surface area contributed by atoms with Crippen molar-refractivity contribution in [1.82, 2.24) is 0 Å². The molecule has 0 aliphatic carbocycles. The molecule has 0 saturated heterocycles. The number of carbonyl (C=O) groups is 3. The van der Waals surface area contributed by atoms with Gasteiger partial charge in [0.1, 0.15) is 5.75 Å². The van der Waals surface area contributed by atoms with Crippen LogP contribution in [0.1, 0.15) is 42.4 Å². The maximum absolute atomic E-state index is 13.3. The minimum Gasteiger partial charge on any atom is -0.495 e. The van der Waals surface area contributed by atoms with Crippen LogP contribution in [0, 0.1) is 6.92 Å². The first-order chi connectivity index (χ1) is 18.8. The van der Waals surface area contributed by atoms with E-state index < -0.39 is 12.0 Å². The fourth-order valence-corrected chi connectivity index (χ4v) is 4.78. The molecule has 9 nitrogen and oxygen atoms in total. The van der Waals surface area contributed by atoms with Crippen LogP contribution in [0.5, 0.6) is 5.75 Å². The summed E-state index contributed by atoms with van der Waals surface area (Å²) in [7, 11) is 1.52. The molecule has 4 rings (SSSR count). The SMILES string of the molecule is CCC(CC(=O)O)c1ccc2c(c1)NCCN2C(=O)Cc1ccc(NC(=O)Nc2ccccc2C)c(OC)c1. The lowest BCUT2D eigenvalue weighted by atomic mass is 9.92. The predicted molar refractivity (Wildman–Crippen MR) is 153 cm³/mol. The van der Waals surface area contributed by atoms with Crippen molar-refractivity contribution in [2.45, 2.75) is 39.0 Å². The highest BCUT2D eigenvalue weighted by Gasteiger charge is 2.24. The van der Waals surface area contributed by atoms with Gasteiger partial charge in [-0.3, -0.25) is 9.59 Å². The number of para-hydroxylation sites is 1. The summed E-state index contributed by atoms with van der Waals surface area (Å²) in [5.74, 6) is -0.523. The molecule has 4 N–H and O–H groups in total. The van der Waals surface area contributed by atoms with Crippen LogP contribution in [0.2, 0.25) is 0 Å². The van der Waals surface area contributed by atoms with E-state index in [0.717, 1.165) is 28.1 Å². The zero-order valence-electron chi connectivity index (χ0n) is 22.4. The molecule has 3 aromatic rings. The summed E-state index contributed by atoms with van der Waals surface area (Å²) in [6.07, 6.45) is 0.940. The van der Waals surface area contributed by atoms with Crippen LogP contribution >= 0.6 is 0 Å². The van der Waals surface area contributed by atoms with Crippen molar-refractivity contribution in [3.63, 3.8) is 0 Å². The molecule has 1 unspecified atom stereocenters. The second kappa shape index (κ2) is 12.3. The molecule has 204 valence electrons. The van der Waals surface area contributed by atoms with Crippen LogP contribution in [0.25, 0.3) is 0 Å². The lowest BCUT2D eigenvalue weighted by molar-refractivity contribution is -0.137. The molecule has 0 bridgehead atoms. The van der Waals surface area contributed by atoms with Crippen LogP contribution in [0.3, 0.4) is 0 Å². The number of carboxylic acids is 1. The maximum atomic E-state index is 13.3. The number of hydrogen-bond donors (Lipinski definition) is 4. The Balaban J connectivity index is 1.45. The van der Waals surface area contributed by atoms with E-state index in [1.807, 2.05) is 56.3 Å². The summed E-state index contributed by atoms with van der Waals surface area (Å²) in [5, 5.41) is 18.2. The summed E-state index contributed by atoms with van der Waals surface area (Å²) in [6.45, 7) is 5.01. The molecule has 1 atom stereocenters. The third-order valence-corrected chi connectivity index (χ3v) is 6.91. The third-order valence-electron chi connectivity index (χ3n) is 6.91. The molecule has 3 amide bonds. The Labute approximate surface area is 228 Å². The van der Waals surface area contributed by atoms with Crippen molar-refractivity contribution >= 4 is 40.7 Å². The number of amides is 3. The van der Waals surface area contributed by atoms with Crippen molar-refractivity contribution in [2.75, 3.05) is 41.0 Å². The molecular weight excluding hydrogens is 496 g/mol. The molecule has 0 aromatic heterocycles. The Morgan fingerprint density at radius 3 is 2.54 bits per heavy atom. The normalized spacial score (nSPS) is 13.1. The molecular formula is C30H34N4O5. The number of nitrogens with zero attached hydrogens (tertiary/aromatic N) is 1. The number of fused-ring (bicyclic) bond motifs is 1. The molecule has 0 radical (unpaired) electrons. The Hall–Kier alpha value is -4.53. The Morgan fingerprint density at radius 2 is 1.82 bits per heavy atom. The summed E-state index contributed by atoms with van der Waals surface area (Å²) in [4.78, 5) is 38.9. The average Bonchev–Trinajstić information content (AvgIpc) is 2.93. The number of carbonyl (C=O) groups excluding carboxylic acids is 2. The smallest absolute Gasteiger partial charge is 0.323 e. The molecule has 0 saturated carbocycles. The van der Waals surface area contributed by atoms with E-state index in [-0.39, 0.29) is 24.7 Å². The second-order valence-corrected chi connectivity index (χ2v) is 9.56. The van der Waals surface area contributed by atoms with Crippen molar-refractivity contribution in [3.8, 4) is 5.75 Å². The fourth-order valence-electron chi connectivity index (χ4n) is 4.78. The number of urea groups is 1. The molecule has 9 heteroatoms. The third kappa shape index (κ3) is 6.67. The first-order valence-electron chi connectivity index (χ1n) is 13.0. The van der Waals surface area contributed by atoms with Gasteiger partial charge in [-0.25, -0.2) is 4.79 Å². The number of aryl methyl sites for hydroxylation is 1. The molecule has 1 aliphatic rings. The monoisotopic (exact) mass is 530 g/mol. The van der Waals surface area contributed by atoms with Gasteiger partial charge in [-0.15, -0.1) is 0 Å². The number of hydrogen-bond acceptors (Lipinski definition) is 5. The number of anilines is 4. The summed E-state index contributed by atoms with van der Waals surface area (Å²) in [5.41, 5.74) is 5.46. The van der Waals surface area contributed by atoms with Crippen molar-refractivity contribution < 1.29 is 24.2 Å². The zero-order valence-corrected chi connectivity index (χ0v) is 22.4. The van der Waals surface area contributed by atoms with Gasteiger partial charge in [0.05, 0.1) is 37.0 Å². The number of nitrogens with one attached hydrogen (secondary N) is 3. The van der Waals surface area contributed by atoms with E-state index in [4.69, 9.17) is 4.74 Å². The number of ether oxygens (including phenoxy) is 1. The van der Waals surface area contributed by atoms with Crippen LogP contribution in [0.4, 0.5) is 27.5 Å². The van der Waals surface area contributed by atoms with E-state index in [2.05, 4.69) is 16.0 Å². The molecule has 0 spiro atoms. The summed E-state index contributed by atoms with van der Waals surface area (Å²) < 4.78 is 5.50. The molecule has 3 aromatic carbocycles. The van der Waals surface area contributed by atoms with E-state index in [1.165, 1.54) is 7.11 Å². The van der Waals surface area contributed by atoms with Crippen molar-refractivity contribution in [3.05, 3.63) is 77.4 Å². The number of rotatable bonds is 9. The molecule has 0 fully saturated rings. The predicted octanol–water partition coefficient (Wildman–Crippen LogP) is 5.62. The minimum absolute atomic E-state index is 0.0665. The highest BCUT2D eigenvalue weighted by Crippen LogP contribution is 2.35. The lowest BCUT2D eigenvalue weighted by Gasteiger charge is -2.31. The average molecular weight is 531 g/mol. The Kier molecular flexibility index (Phi) is 8.70. The quantitative estimate of drug-likeness (QED) is 0.285. The highest BCUT2D eigenvalue weighted by molar-refractivity contribution is 6.01. The van der Waals surface area contributed by atoms with Gasteiger partial charge in [-0.2, -0.15) is 0 Å². The Morgan fingerprint density at radius 1 is 1.05 bits per heavy atom. The van der Waals surface area contributed by atoms with Crippen LogP contribution in [-0.2, 0) is 16.0 Å². The van der Waals surface area contributed by atoms with E-state index in [1.54, 1.807) is 23.1 Å². The standard InChI is InChI=1S/C30H34N4O5/c1-4-21(18-29(36)37)22-10-12-26-25(17-22)31-13-14-34(26)28(35)16-20-9-11-24(27(15-20)39-3)33-30(38)32-23-8-6-5-7-19(23)2/h5-12,15,17,21,31H,4,13-14,16,18H2,1-3H3,(H,36,37)(H2,32,33,38). The van der Waals surface area contributed by atoms with Gasteiger partial charge in [-0.05, 0) is 66.3 Å². The molecule has 39 heavy (non-hydrogen) atoms. The largest absolute Gasteiger partial charge is 0.495 e. The van der Waals surface area contributed by atoms with Crippen LogP contribution in [-0.4, -0.2) is 43.2 Å². The van der Waals surface area contributed by atoms with Gasteiger partial charge >= 0.3 is 12.0 Å². The van der Waals surface area contributed by atoms with Gasteiger partial charge in [0.2, 0.25) is 5.91 Å². The lowest BCUT2D eigenvalue weighted by Crippen LogP contribution is -2.39. The zero-order chi connectivity index (χ0) is 27.9. The van der Waals surface area contributed by atoms with Crippen LogP contribution < -0.4 is 25.6 Å². The van der Waals surface area contributed by atoms with Gasteiger partial charge in [0, 0.05) is 18.8 Å². The summed E-state index contributed by atoms with van der Waals surface area (Å²) >= 11 is 0. The van der Waals surface area contributed by atoms with E-state index in [0.29, 0.717) is 36.6 Å². The van der Waals surface area contributed by atoms with Gasteiger partial charge in [0.15, 0.2) is 0 Å². The fraction of sp³-hybridized carbons (Fsp3) is 0.300. The van der Waals surface area contributed by atoms with Crippen molar-refractivity contribution in [1.29, 1.82) is 0 Å². The number of aliphatic carboxylic acids is 1. The Bertz CT molecular complexity index is 1370. The minimum atomic E-state index is -0.826. The van der Waals surface area contributed by atoms with Gasteiger partial charge in [0.25, 0.3) is 0 Å². The highest BCUT2D eigenvalue weighted by atomic mass is 16.5. The summed E-state index contributed by atoms with van der Waals surface area (Å²) in [6, 6.07) is 18.1. The molecule has 1 heterocycles. The number of carboxylic acid groups (broad SMARTS) is 1. The number of methoxy groups -OCH3 is 1. The first kappa shape index (κ1) is 27.5. The second-order valence-electron chi connectivity index (χ2n) is 9.56.